The average Bonchev–Trinajstić information content (AvgIpc) is 3.34. The molecule has 0 saturated heterocycles. The third-order valence-electron chi connectivity index (χ3n) is 6.07. The molecule has 0 unspecified atom stereocenters. The van der Waals surface area contributed by atoms with Crippen LogP contribution in [-0.2, 0) is 5.41 Å². The Morgan fingerprint density at radius 2 is 1.55 bits per heavy atom. The first-order valence-electron chi connectivity index (χ1n) is 10.2. The molecule has 3 aromatic carbocycles. The van der Waals surface area contributed by atoms with Gasteiger partial charge in [0.15, 0.2) is 0 Å². The fraction of sp³-hybridized carbons (Fsp3) is 0.148. The fourth-order valence-corrected chi connectivity index (χ4v) is 5.33. The molecule has 0 fully saturated rings. The molecule has 152 valence electrons. The summed E-state index contributed by atoms with van der Waals surface area (Å²) < 4.78 is 5.87. The number of rotatable bonds is 3. The summed E-state index contributed by atoms with van der Waals surface area (Å²) in [6.07, 6.45) is 0. The third kappa shape index (κ3) is 2.93. The molecular formula is C27H22N2OS. The van der Waals surface area contributed by atoms with E-state index in [9.17, 15) is 5.26 Å². The summed E-state index contributed by atoms with van der Waals surface area (Å²) >= 11 is 1.66. The Hall–Kier alpha value is -3.55. The lowest BCUT2D eigenvalue weighted by atomic mass is 9.73. The summed E-state index contributed by atoms with van der Waals surface area (Å²) in [7, 11) is 1.67. The molecule has 0 radical (unpaired) electrons. The molecule has 0 spiro atoms. The number of nitrogens with zero attached hydrogens (tertiary/aromatic N) is 2. The van der Waals surface area contributed by atoms with E-state index >= 15 is 0 Å². The fourth-order valence-electron chi connectivity index (χ4n) is 4.59. The maximum atomic E-state index is 9.65. The Morgan fingerprint density at radius 1 is 0.903 bits per heavy atom. The van der Waals surface area contributed by atoms with Crippen LogP contribution in [0.4, 0.5) is 17.1 Å². The first-order valence-corrected chi connectivity index (χ1v) is 11.1. The van der Waals surface area contributed by atoms with Crippen molar-refractivity contribution >= 4 is 28.4 Å². The molecule has 0 N–H and O–H groups in total. The van der Waals surface area contributed by atoms with E-state index in [1.807, 2.05) is 18.2 Å². The summed E-state index contributed by atoms with van der Waals surface area (Å²) in [6.45, 7) is 4.55. The van der Waals surface area contributed by atoms with Gasteiger partial charge in [0.05, 0.1) is 35.8 Å². The van der Waals surface area contributed by atoms with E-state index in [1.165, 1.54) is 11.1 Å². The minimum atomic E-state index is -0.132. The van der Waals surface area contributed by atoms with Crippen LogP contribution in [0.1, 0.15) is 30.5 Å². The van der Waals surface area contributed by atoms with Crippen LogP contribution in [0.3, 0.4) is 0 Å². The van der Waals surface area contributed by atoms with Gasteiger partial charge in [-0.25, -0.2) is 0 Å². The van der Waals surface area contributed by atoms with Crippen molar-refractivity contribution in [3.8, 4) is 22.3 Å². The minimum absolute atomic E-state index is 0.132. The molecule has 0 atom stereocenters. The summed E-state index contributed by atoms with van der Waals surface area (Å²) in [5, 5.41) is 11.7. The molecule has 1 aromatic heterocycles. The number of anilines is 3. The number of thiophene rings is 1. The van der Waals surface area contributed by atoms with Crippen LogP contribution in [0.15, 0.2) is 78.2 Å². The molecule has 31 heavy (non-hydrogen) atoms. The smallest absolute Gasteiger partial charge is 0.144 e. The topological polar surface area (TPSA) is 36.3 Å². The van der Waals surface area contributed by atoms with E-state index in [-0.39, 0.29) is 5.41 Å². The van der Waals surface area contributed by atoms with Gasteiger partial charge < -0.3 is 9.64 Å². The van der Waals surface area contributed by atoms with E-state index < -0.39 is 0 Å². The van der Waals surface area contributed by atoms with Crippen LogP contribution >= 0.6 is 11.3 Å². The van der Waals surface area contributed by atoms with Gasteiger partial charge in [-0.2, -0.15) is 5.26 Å². The zero-order valence-electron chi connectivity index (χ0n) is 17.7. The number of benzene rings is 3. The van der Waals surface area contributed by atoms with Crippen LogP contribution in [0, 0.1) is 11.3 Å². The van der Waals surface area contributed by atoms with E-state index in [2.05, 4.69) is 84.8 Å². The van der Waals surface area contributed by atoms with Crippen molar-refractivity contribution < 1.29 is 4.74 Å². The second kappa shape index (κ2) is 7.30. The lowest BCUT2D eigenvalue weighted by molar-refractivity contribution is 0.416. The molecule has 3 nitrogen and oxygen atoms in total. The number of methoxy groups -OCH3 is 1. The van der Waals surface area contributed by atoms with Gasteiger partial charge in [0, 0.05) is 21.9 Å². The van der Waals surface area contributed by atoms with Crippen LogP contribution in [-0.4, -0.2) is 7.11 Å². The van der Waals surface area contributed by atoms with Crippen molar-refractivity contribution in [2.24, 2.45) is 0 Å². The molecular weight excluding hydrogens is 400 g/mol. The number of ether oxygens (including phenoxy) is 1. The zero-order valence-corrected chi connectivity index (χ0v) is 18.5. The molecule has 0 amide bonds. The van der Waals surface area contributed by atoms with E-state index in [4.69, 9.17) is 4.74 Å². The van der Waals surface area contributed by atoms with Crippen molar-refractivity contribution in [3.05, 3.63) is 94.9 Å². The number of fused-ring (bicyclic) bond motifs is 2. The Kier molecular flexibility index (Phi) is 4.57. The summed E-state index contributed by atoms with van der Waals surface area (Å²) in [5.74, 6) is 0.687. The Bertz CT molecular complexity index is 1270. The van der Waals surface area contributed by atoms with Gasteiger partial charge in [-0.1, -0.05) is 56.3 Å². The predicted molar refractivity (Wildman–Crippen MR) is 128 cm³/mol. The van der Waals surface area contributed by atoms with Crippen LogP contribution < -0.4 is 9.64 Å². The number of nitriles is 1. The molecule has 4 heteroatoms. The van der Waals surface area contributed by atoms with Gasteiger partial charge in [-0.05, 0) is 40.8 Å². The normalized spacial score (nSPS) is 13.8. The predicted octanol–water partition coefficient (Wildman–Crippen LogP) is 7.40. The molecule has 5 rings (SSSR count). The first-order chi connectivity index (χ1) is 15.1. The first kappa shape index (κ1) is 19.4. The Balaban J connectivity index is 1.90. The van der Waals surface area contributed by atoms with Crippen molar-refractivity contribution in [2.75, 3.05) is 12.0 Å². The van der Waals surface area contributed by atoms with Gasteiger partial charge in [0.2, 0.25) is 0 Å². The molecule has 0 bridgehead atoms. The highest BCUT2D eigenvalue weighted by Gasteiger charge is 2.38. The van der Waals surface area contributed by atoms with Gasteiger partial charge in [0.1, 0.15) is 5.75 Å². The molecule has 0 saturated carbocycles. The third-order valence-corrected chi connectivity index (χ3v) is 6.97. The second-order valence-electron chi connectivity index (χ2n) is 8.16. The largest absolute Gasteiger partial charge is 0.494 e. The quantitative estimate of drug-likeness (QED) is 0.345. The monoisotopic (exact) mass is 422 g/mol. The standard InChI is InChI=1S/C27H22N2OS/c1-27(2)20-9-4-6-11-22(20)29(23-12-7-5-10-21(23)27)26-19(25-13-8-14-31-25)15-18(17-28)16-24(26)30-3/h4-16H,1-3H3. The van der Waals surface area contributed by atoms with Crippen molar-refractivity contribution in [3.63, 3.8) is 0 Å². The lowest BCUT2D eigenvalue weighted by Gasteiger charge is -2.42. The molecule has 1 aliphatic heterocycles. The van der Waals surface area contributed by atoms with Crippen LogP contribution in [0.5, 0.6) is 5.75 Å². The molecule has 4 aromatic rings. The zero-order chi connectivity index (χ0) is 21.6. The number of hydrogen-bond acceptors (Lipinski definition) is 4. The van der Waals surface area contributed by atoms with Crippen molar-refractivity contribution in [1.29, 1.82) is 5.26 Å². The molecule has 0 aliphatic carbocycles. The maximum Gasteiger partial charge on any atom is 0.144 e. The minimum Gasteiger partial charge on any atom is -0.494 e. The lowest BCUT2D eigenvalue weighted by Crippen LogP contribution is -2.30. The molecule has 1 aliphatic rings. The highest BCUT2D eigenvalue weighted by molar-refractivity contribution is 7.13. The highest BCUT2D eigenvalue weighted by atomic mass is 32.1. The highest BCUT2D eigenvalue weighted by Crippen LogP contribution is 2.55. The summed E-state index contributed by atoms with van der Waals surface area (Å²) in [4.78, 5) is 3.40. The van der Waals surface area contributed by atoms with Gasteiger partial charge >= 0.3 is 0 Å². The second-order valence-corrected chi connectivity index (χ2v) is 9.11. The van der Waals surface area contributed by atoms with Crippen molar-refractivity contribution in [2.45, 2.75) is 19.3 Å². The van der Waals surface area contributed by atoms with Gasteiger partial charge in [-0.15, -0.1) is 11.3 Å². The Morgan fingerprint density at radius 3 is 2.10 bits per heavy atom. The summed E-state index contributed by atoms with van der Waals surface area (Å²) in [5.41, 5.74) is 7.19. The summed E-state index contributed by atoms with van der Waals surface area (Å²) in [6, 6.07) is 27.3. The van der Waals surface area contributed by atoms with Crippen molar-refractivity contribution in [1.82, 2.24) is 0 Å². The Labute approximate surface area is 186 Å². The van der Waals surface area contributed by atoms with Crippen LogP contribution in [0.25, 0.3) is 10.4 Å². The average molecular weight is 423 g/mol. The molecule has 2 heterocycles. The maximum absolute atomic E-state index is 9.65. The van der Waals surface area contributed by atoms with Crippen LogP contribution in [0.2, 0.25) is 0 Å². The van der Waals surface area contributed by atoms with Gasteiger partial charge in [0.25, 0.3) is 0 Å². The SMILES string of the molecule is COc1cc(C#N)cc(-c2cccs2)c1N1c2ccccc2C(C)(C)c2ccccc21. The van der Waals surface area contributed by atoms with E-state index in [0.717, 1.165) is 27.5 Å². The number of para-hydroxylation sites is 2. The van der Waals surface area contributed by atoms with E-state index in [1.54, 1.807) is 18.4 Å². The van der Waals surface area contributed by atoms with E-state index in [0.29, 0.717) is 11.3 Å². The number of hydrogen-bond donors (Lipinski definition) is 0. The van der Waals surface area contributed by atoms with Gasteiger partial charge in [-0.3, -0.25) is 0 Å².